The first kappa shape index (κ1) is 12.1. The minimum atomic E-state index is 0.127. The molecule has 0 aromatic carbocycles. The second-order valence-corrected chi connectivity index (χ2v) is 3.55. The van der Waals surface area contributed by atoms with Crippen LogP contribution in [0.3, 0.4) is 0 Å². The lowest BCUT2D eigenvalue weighted by atomic mass is 10.4. The maximum absolute atomic E-state index is 11.2. The van der Waals surface area contributed by atoms with Gasteiger partial charge in [-0.05, 0) is 0 Å². The molecule has 5 heteroatoms. The number of rotatable bonds is 0. The highest BCUT2D eigenvalue weighted by Crippen LogP contribution is 1.89. The zero-order chi connectivity index (χ0) is 10.9. The molecule has 0 aliphatic carbocycles. The summed E-state index contributed by atoms with van der Waals surface area (Å²) in [5, 5.41) is 6.53. The average molecular weight is 212 g/mol. The highest BCUT2D eigenvalue weighted by molar-refractivity contribution is 5.73. The Morgan fingerprint density at radius 3 is 2.87 bits per heavy atom. The van der Waals surface area contributed by atoms with E-state index in [9.17, 15) is 4.79 Å². The first-order chi connectivity index (χ1) is 7.30. The van der Waals surface area contributed by atoms with Crippen LogP contribution in [-0.2, 0) is 4.79 Å². The first-order valence-corrected chi connectivity index (χ1v) is 5.46. The lowest BCUT2D eigenvalue weighted by Crippen LogP contribution is -2.39. The number of carbonyl (C=O) groups excluding carboxylic acids is 1. The molecule has 0 bridgehead atoms. The molecule has 0 aromatic rings. The van der Waals surface area contributed by atoms with E-state index in [1.807, 2.05) is 11.1 Å². The molecule has 0 radical (unpaired) electrons. The van der Waals surface area contributed by atoms with Crippen LogP contribution in [0.25, 0.3) is 0 Å². The Morgan fingerprint density at radius 1 is 1.27 bits per heavy atom. The minimum absolute atomic E-state index is 0.127. The molecule has 1 heterocycles. The Bertz CT molecular complexity index is 217. The maximum atomic E-state index is 11.2. The van der Waals surface area contributed by atoms with Gasteiger partial charge in [0.25, 0.3) is 0 Å². The van der Waals surface area contributed by atoms with Gasteiger partial charge >= 0.3 is 0 Å². The van der Waals surface area contributed by atoms with E-state index in [-0.39, 0.29) is 5.91 Å². The fourth-order valence-electron chi connectivity index (χ4n) is 1.44. The predicted octanol–water partition coefficient (Wildman–Crippen LogP) is -0.901. The van der Waals surface area contributed by atoms with E-state index in [0.29, 0.717) is 13.1 Å². The van der Waals surface area contributed by atoms with Crippen LogP contribution in [-0.4, -0.2) is 62.8 Å². The molecule has 0 spiro atoms. The number of hydrogen-bond acceptors (Lipinski definition) is 4. The molecule has 1 amide bonds. The Labute approximate surface area is 90.9 Å². The van der Waals surface area contributed by atoms with E-state index in [2.05, 4.69) is 15.6 Å². The summed E-state index contributed by atoms with van der Waals surface area (Å²) in [5.41, 5.74) is 0. The summed E-state index contributed by atoms with van der Waals surface area (Å²) in [6, 6.07) is 0. The van der Waals surface area contributed by atoms with Crippen LogP contribution in [0.1, 0.15) is 6.92 Å². The monoisotopic (exact) mass is 212 g/mol. The highest BCUT2D eigenvalue weighted by atomic mass is 16.2. The molecule has 5 nitrogen and oxygen atoms in total. The van der Waals surface area contributed by atoms with E-state index in [1.54, 1.807) is 6.92 Å². The van der Waals surface area contributed by atoms with Gasteiger partial charge < -0.3 is 15.5 Å². The smallest absolute Gasteiger partial charge is 0.219 e. The molecular formula is C10H20N4O. The third-order valence-corrected chi connectivity index (χ3v) is 2.35. The van der Waals surface area contributed by atoms with Crippen LogP contribution in [0.5, 0.6) is 0 Å². The standard InChI is InChI=1S/C10H20N4O/c1-10(15)14-8-6-12-4-2-11-3-5-13-7-9-14/h4,11,13H,2-3,5-9H2,1H3. The van der Waals surface area contributed by atoms with Gasteiger partial charge in [-0.2, -0.15) is 0 Å². The topological polar surface area (TPSA) is 56.7 Å². The van der Waals surface area contributed by atoms with Crippen molar-refractivity contribution in [1.29, 1.82) is 0 Å². The number of nitrogens with zero attached hydrogens (tertiary/aromatic N) is 2. The van der Waals surface area contributed by atoms with Crippen LogP contribution in [0, 0.1) is 0 Å². The molecule has 1 aliphatic rings. The molecular weight excluding hydrogens is 192 g/mol. The van der Waals surface area contributed by atoms with E-state index in [0.717, 1.165) is 32.7 Å². The molecule has 2 N–H and O–H groups in total. The predicted molar refractivity (Wildman–Crippen MR) is 61.4 cm³/mol. The maximum Gasteiger partial charge on any atom is 0.219 e. The van der Waals surface area contributed by atoms with Crippen LogP contribution in [0.15, 0.2) is 4.99 Å². The lowest BCUT2D eigenvalue weighted by molar-refractivity contribution is -0.128. The quantitative estimate of drug-likeness (QED) is 0.547. The van der Waals surface area contributed by atoms with Gasteiger partial charge in [0.2, 0.25) is 5.91 Å². The van der Waals surface area contributed by atoms with Crippen molar-refractivity contribution >= 4 is 12.1 Å². The zero-order valence-electron chi connectivity index (χ0n) is 9.33. The van der Waals surface area contributed by atoms with Gasteiger partial charge in [-0.1, -0.05) is 0 Å². The molecule has 1 aliphatic heterocycles. The van der Waals surface area contributed by atoms with Crippen molar-refractivity contribution in [2.24, 2.45) is 4.99 Å². The van der Waals surface area contributed by atoms with Gasteiger partial charge in [0.15, 0.2) is 0 Å². The molecule has 0 fully saturated rings. The fourth-order valence-corrected chi connectivity index (χ4v) is 1.44. The molecule has 86 valence electrons. The average Bonchev–Trinajstić information content (AvgIpc) is 2.18. The zero-order valence-corrected chi connectivity index (χ0v) is 9.33. The molecule has 0 saturated carbocycles. The third kappa shape index (κ3) is 5.49. The third-order valence-electron chi connectivity index (χ3n) is 2.35. The van der Waals surface area contributed by atoms with Gasteiger partial charge in [-0.15, -0.1) is 0 Å². The number of aliphatic imine (C=N–C) groups is 1. The summed E-state index contributed by atoms with van der Waals surface area (Å²) in [7, 11) is 0. The second kappa shape index (κ2) is 7.36. The van der Waals surface area contributed by atoms with Crippen molar-refractivity contribution in [1.82, 2.24) is 15.5 Å². The van der Waals surface area contributed by atoms with Gasteiger partial charge in [0.1, 0.15) is 0 Å². The van der Waals surface area contributed by atoms with Gasteiger partial charge in [-0.25, -0.2) is 0 Å². The largest absolute Gasteiger partial charge is 0.340 e. The van der Waals surface area contributed by atoms with Crippen LogP contribution in [0.2, 0.25) is 0 Å². The summed E-state index contributed by atoms with van der Waals surface area (Å²) < 4.78 is 0. The number of nitrogens with one attached hydrogen (secondary N) is 2. The van der Waals surface area contributed by atoms with Crippen molar-refractivity contribution in [2.45, 2.75) is 6.92 Å². The van der Waals surface area contributed by atoms with E-state index >= 15 is 0 Å². The molecule has 1 rings (SSSR count). The van der Waals surface area contributed by atoms with Crippen molar-refractivity contribution in [3.8, 4) is 0 Å². The summed E-state index contributed by atoms with van der Waals surface area (Å²) in [4.78, 5) is 17.3. The molecule has 15 heavy (non-hydrogen) atoms. The normalized spacial score (nSPS) is 20.5. The summed E-state index contributed by atoms with van der Waals surface area (Å²) >= 11 is 0. The lowest BCUT2D eigenvalue weighted by Gasteiger charge is -2.20. The summed E-state index contributed by atoms with van der Waals surface area (Å²) in [6.45, 7) is 7.31. The SMILES string of the molecule is CC(=O)N1CCN=CCNCCNCC1. The van der Waals surface area contributed by atoms with Crippen LogP contribution in [0.4, 0.5) is 0 Å². The van der Waals surface area contributed by atoms with Crippen LogP contribution < -0.4 is 10.6 Å². The molecule has 0 saturated heterocycles. The van der Waals surface area contributed by atoms with Gasteiger partial charge in [0.05, 0.1) is 6.54 Å². The van der Waals surface area contributed by atoms with E-state index in [4.69, 9.17) is 0 Å². The molecule has 0 aromatic heterocycles. The van der Waals surface area contributed by atoms with Crippen molar-refractivity contribution < 1.29 is 4.79 Å². The number of carbonyl (C=O) groups is 1. The van der Waals surface area contributed by atoms with Gasteiger partial charge in [-0.3, -0.25) is 9.79 Å². The Balaban J connectivity index is 2.38. The number of amides is 1. The van der Waals surface area contributed by atoms with E-state index in [1.165, 1.54) is 0 Å². The Hall–Kier alpha value is -0.940. The fraction of sp³-hybridized carbons (Fsp3) is 0.800. The number of hydrogen-bond donors (Lipinski definition) is 2. The van der Waals surface area contributed by atoms with Crippen molar-refractivity contribution in [3.63, 3.8) is 0 Å². The first-order valence-electron chi connectivity index (χ1n) is 5.46. The highest BCUT2D eigenvalue weighted by Gasteiger charge is 2.06. The van der Waals surface area contributed by atoms with Crippen molar-refractivity contribution in [3.05, 3.63) is 0 Å². The summed E-state index contributed by atoms with van der Waals surface area (Å²) in [5.74, 6) is 0.127. The summed E-state index contributed by atoms with van der Waals surface area (Å²) in [6.07, 6.45) is 1.87. The van der Waals surface area contributed by atoms with Crippen LogP contribution >= 0.6 is 0 Å². The second-order valence-electron chi connectivity index (χ2n) is 3.55. The van der Waals surface area contributed by atoms with E-state index < -0.39 is 0 Å². The van der Waals surface area contributed by atoms with Gasteiger partial charge in [0, 0.05) is 52.4 Å². The molecule has 0 atom stereocenters. The minimum Gasteiger partial charge on any atom is -0.340 e. The Kier molecular flexibility index (Phi) is 5.96. The molecule has 0 unspecified atom stereocenters. The Morgan fingerprint density at radius 2 is 2.07 bits per heavy atom. The van der Waals surface area contributed by atoms with Crippen molar-refractivity contribution in [2.75, 3.05) is 45.8 Å².